The summed E-state index contributed by atoms with van der Waals surface area (Å²) in [5, 5.41) is 0. The van der Waals surface area contributed by atoms with E-state index in [9.17, 15) is 0 Å². The molecule has 0 fully saturated rings. The minimum absolute atomic E-state index is 0.756. The third kappa shape index (κ3) is 13.4. The Labute approximate surface area is 188 Å². The summed E-state index contributed by atoms with van der Waals surface area (Å²) >= 11 is 0. The monoisotopic (exact) mass is 418 g/mol. The summed E-state index contributed by atoms with van der Waals surface area (Å²) in [6.45, 7) is 4.72. The third-order valence-electron chi connectivity index (χ3n) is 5.67. The van der Waals surface area contributed by atoms with Gasteiger partial charge in [0, 0.05) is 26.2 Å². The van der Waals surface area contributed by atoms with Gasteiger partial charge in [-0.2, -0.15) is 0 Å². The van der Waals surface area contributed by atoms with Gasteiger partial charge in [0.2, 0.25) is 0 Å². The van der Waals surface area contributed by atoms with Crippen LogP contribution in [0.15, 0.2) is 24.3 Å². The fourth-order valence-corrected chi connectivity index (χ4v) is 4.61. The van der Waals surface area contributed by atoms with Crippen molar-refractivity contribution >= 4 is 0 Å². The fraction of sp³-hybridized carbons (Fsp3) is 0.769. The Kier molecular flexibility index (Phi) is 13.5. The van der Waals surface area contributed by atoms with Crippen LogP contribution in [0.3, 0.4) is 0 Å². The Hall–Kier alpha value is -0.940. The van der Waals surface area contributed by atoms with E-state index < -0.39 is 0 Å². The Morgan fingerprint density at radius 3 is 1.00 bits per heavy atom. The van der Waals surface area contributed by atoms with Crippen molar-refractivity contribution in [2.24, 2.45) is 11.8 Å². The van der Waals surface area contributed by atoms with Gasteiger partial charge in [-0.3, -0.25) is 0 Å². The lowest BCUT2D eigenvalue weighted by Crippen LogP contribution is -2.30. The highest BCUT2D eigenvalue weighted by Crippen LogP contribution is 2.16. The SMILES string of the molecule is CN(C)CC(CCCc1ccc(CCCC(CN(C)C)CN(C)C)cc1)CN(C)C. The highest BCUT2D eigenvalue weighted by Gasteiger charge is 2.12. The molecule has 0 aromatic heterocycles. The average Bonchev–Trinajstić information content (AvgIpc) is 2.60. The van der Waals surface area contributed by atoms with Gasteiger partial charge in [0.15, 0.2) is 0 Å². The predicted octanol–water partition coefficient (Wildman–Crippen LogP) is 3.81. The molecule has 0 N–H and O–H groups in total. The zero-order chi connectivity index (χ0) is 22.5. The van der Waals surface area contributed by atoms with Crippen molar-refractivity contribution in [2.45, 2.75) is 38.5 Å². The van der Waals surface area contributed by atoms with Gasteiger partial charge in [-0.15, -0.1) is 0 Å². The lowest BCUT2D eigenvalue weighted by molar-refractivity contribution is 0.245. The van der Waals surface area contributed by atoms with Gasteiger partial charge in [0.05, 0.1) is 0 Å². The van der Waals surface area contributed by atoms with Gasteiger partial charge in [-0.05, 0) is 118 Å². The van der Waals surface area contributed by atoms with E-state index in [1.54, 1.807) is 0 Å². The number of rotatable bonds is 16. The van der Waals surface area contributed by atoms with E-state index in [2.05, 4.69) is 100 Å². The van der Waals surface area contributed by atoms with E-state index >= 15 is 0 Å². The molecule has 0 spiro atoms. The molecule has 0 saturated heterocycles. The highest BCUT2D eigenvalue weighted by molar-refractivity contribution is 5.22. The molecular weight excluding hydrogens is 368 g/mol. The second-order valence-corrected chi connectivity index (χ2v) is 10.4. The van der Waals surface area contributed by atoms with E-state index in [-0.39, 0.29) is 0 Å². The van der Waals surface area contributed by atoms with Crippen LogP contribution in [0.5, 0.6) is 0 Å². The first-order valence-electron chi connectivity index (χ1n) is 11.8. The molecule has 30 heavy (non-hydrogen) atoms. The standard InChI is InChI=1S/C26H50N4/c1-27(2)19-25(20-28(3)4)13-9-11-23-15-17-24(18-16-23)12-10-14-26(21-29(5)6)22-30(7)8/h15-18,25-26H,9-14,19-22H2,1-8H3. The molecule has 0 bridgehead atoms. The van der Waals surface area contributed by atoms with Crippen LogP contribution in [0.25, 0.3) is 0 Å². The normalized spacial score (nSPS) is 12.5. The van der Waals surface area contributed by atoms with Crippen molar-refractivity contribution in [1.82, 2.24) is 19.6 Å². The van der Waals surface area contributed by atoms with Crippen LogP contribution >= 0.6 is 0 Å². The molecule has 0 atom stereocenters. The first kappa shape index (κ1) is 27.1. The van der Waals surface area contributed by atoms with Crippen LogP contribution < -0.4 is 0 Å². The minimum Gasteiger partial charge on any atom is -0.309 e. The van der Waals surface area contributed by atoms with Crippen molar-refractivity contribution in [1.29, 1.82) is 0 Å². The van der Waals surface area contributed by atoms with Gasteiger partial charge in [0.25, 0.3) is 0 Å². The summed E-state index contributed by atoms with van der Waals surface area (Å²) in [7, 11) is 17.5. The molecule has 0 unspecified atom stereocenters. The second kappa shape index (κ2) is 15.0. The number of hydrogen-bond acceptors (Lipinski definition) is 4. The van der Waals surface area contributed by atoms with Crippen molar-refractivity contribution < 1.29 is 0 Å². The van der Waals surface area contributed by atoms with E-state index in [1.165, 1.54) is 75.8 Å². The first-order chi connectivity index (χ1) is 14.2. The fourth-order valence-electron chi connectivity index (χ4n) is 4.61. The van der Waals surface area contributed by atoms with Crippen LogP contribution in [0, 0.1) is 11.8 Å². The predicted molar refractivity (Wildman–Crippen MR) is 134 cm³/mol. The minimum atomic E-state index is 0.756. The number of hydrogen-bond donors (Lipinski definition) is 0. The van der Waals surface area contributed by atoms with Gasteiger partial charge >= 0.3 is 0 Å². The van der Waals surface area contributed by atoms with Crippen LogP contribution in [0.2, 0.25) is 0 Å². The number of aryl methyl sites for hydroxylation is 2. The molecule has 0 radical (unpaired) electrons. The van der Waals surface area contributed by atoms with Crippen molar-refractivity contribution in [2.75, 3.05) is 82.6 Å². The molecular formula is C26H50N4. The lowest BCUT2D eigenvalue weighted by atomic mass is 9.96. The van der Waals surface area contributed by atoms with Crippen molar-refractivity contribution in [3.63, 3.8) is 0 Å². The average molecular weight is 419 g/mol. The zero-order valence-electron chi connectivity index (χ0n) is 21.3. The molecule has 0 saturated carbocycles. The Balaban J connectivity index is 2.39. The molecule has 0 heterocycles. The maximum Gasteiger partial charge on any atom is 0.00158 e. The molecule has 0 aliphatic rings. The molecule has 1 aromatic carbocycles. The number of benzene rings is 1. The summed E-state index contributed by atoms with van der Waals surface area (Å²) < 4.78 is 0. The van der Waals surface area contributed by atoms with E-state index in [0.717, 1.165) is 11.8 Å². The summed E-state index contributed by atoms with van der Waals surface area (Å²) in [6, 6.07) is 9.44. The summed E-state index contributed by atoms with van der Waals surface area (Å²) in [5.74, 6) is 1.51. The molecule has 0 aliphatic heterocycles. The van der Waals surface area contributed by atoms with Gasteiger partial charge in [0.1, 0.15) is 0 Å². The third-order valence-corrected chi connectivity index (χ3v) is 5.67. The molecule has 174 valence electrons. The van der Waals surface area contributed by atoms with E-state index in [0.29, 0.717) is 0 Å². The Morgan fingerprint density at radius 1 is 0.500 bits per heavy atom. The topological polar surface area (TPSA) is 13.0 Å². The summed E-state index contributed by atoms with van der Waals surface area (Å²) in [4.78, 5) is 9.30. The zero-order valence-corrected chi connectivity index (χ0v) is 21.3. The first-order valence-corrected chi connectivity index (χ1v) is 11.8. The molecule has 0 aliphatic carbocycles. The smallest absolute Gasteiger partial charge is 0.00158 e. The Bertz CT molecular complexity index is 467. The van der Waals surface area contributed by atoms with Crippen LogP contribution in [0.4, 0.5) is 0 Å². The molecule has 1 rings (SSSR count). The van der Waals surface area contributed by atoms with Gasteiger partial charge in [-0.1, -0.05) is 24.3 Å². The summed E-state index contributed by atoms with van der Waals surface area (Å²) in [6.07, 6.45) is 7.57. The molecule has 4 nitrogen and oxygen atoms in total. The Morgan fingerprint density at radius 2 is 0.767 bits per heavy atom. The largest absolute Gasteiger partial charge is 0.309 e. The van der Waals surface area contributed by atoms with Crippen LogP contribution in [-0.2, 0) is 12.8 Å². The maximum absolute atomic E-state index is 2.36. The van der Waals surface area contributed by atoms with Crippen LogP contribution in [0.1, 0.15) is 36.8 Å². The van der Waals surface area contributed by atoms with Crippen molar-refractivity contribution in [3.05, 3.63) is 35.4 Å². The van der Waals surface area contributed by atoms with Crippen LogP contribution in [-0.4, -0.2) is 102 Å². The molecule has 0 amide bonds. The maximum atomic E-state index is 2.36. The molecule has 1 aromatic rings. The van der Waals surface area contributed by atoms with Crippen molar-refractivity contribution in [3.8, 4) is 0 Å². The highest BCUT2D eigenvalue weighted by atomic mass is 15.1. The molecule has 4 heteroatoms. The van der Waals surface area contributed by atoms with E-state index in [1.807, 2.05) is 0 Å². The number of nitrogens with zero attached hydrogens (tertiary/aromatic N) is 4. The van der Waals surface area contributed by atoms with Gasteiger partial charge in [-0.25, -0.2) is 0 Å². The van der Waals surface area contributed by atoms with Gasteiger partial charge < -0.3 is 19.6 Å². The van der Waals surface area contributed by atoms with E-state index in [4.69, 9.17) is 0 Å². The second-order valence-electron chi connectivity index (χ2n) is 10.4. The summed E-state index contributed by atoms with van der Waals surface area (Å²) in [5.41, 5.74) is 2.98. The quantitative estimate of drug-likeness (QED) is 0.405. The lowest BCUT2D eigenvalue weighted by Gasteiger charge is -2.24.